The van der Waals surface area contributed by atoms with Crippen LogP contribution in [-0.2, 0) is 5.60 Å². The Labute approximate surface area is 180 Å². The fraction of sp³-hybridized carbons (Fsp3) is 0.333. The maximum absolute atomic E-state index is 11.3. The molecule has 0 saturated heterocycles. The molecule has 0 amide bonds. The molecule has 2 heterocycles. The monoisotopic (exact) mass is 422 g/mol. The molecule has 2 aromatic heterocycles. The normalized spacial score (nSPS) is 12.2. The summed E-state index contributed by atoms with van der Waals surface area (Å²) in [6.45, 7) is 8.00. The minimum Gasteiger partial charge on any atom is -0.385 e. The number of aromatic amines is 4. The molecular formula is C24H30N4O3. The third kappa shape index (κ3) is 4.41. The van der Waals surface area contributed by atoms with Crippen LogP contribution in [0.15, 0.2) is 52.1 Å². The van der Waals surface area contributed by atoms with Crippen LogP contribution in [0.3, 0.4) is 0 Å². The van der Waals surface area contributed by atoms with Gasteiger partial charge in [-0.1, -0.05) is 51.1 Å². The Kier molecular flexibility index (Phi) is 6.65. The van der Waals surface area contributed by atoms with Crippen LogP contribution in [0, 0.1) is 0 Å². The molecule has 0 bridgehead atoms. The van der Waals surface area contributed by atoms with Gasteiger partial charge in [0, 0.05) is 11.1 Å². The Bertz CT molecular complexity index is 1320. The van der Waals surface area contributed by atoms with Gasteiger partial charge in [0.25, 0.3) is 0 Å². The van der Waals surface area contributed by atoms with Crippen LogP contribution in [0.2, 0.25) is 0 Å². The van der Waals surface area contributed by atoms with Crippen molar-refractivity contribution in [3.63, 3.8) is 0 Å². The second-order valence-electron chi connectivity index (χ2n) is 7.52. The number of fused-ring (bicyclic) bond motifs is 2. The first-order chi connectivity index (χ1) is 14.9. The van der Waals surface area contributed by atoms with Gasteiger partial charge in [-0.25, -0.2) is 9.59 Å². The molecule has 0 unspecified atom stereocenters. The lowest BCUT2D eigenvalue weighted by Crippen LogP contribution is -2.23. The van der Waals surface area contributed by atoms with Gasteiger partial charge in [0.1, 0.15) is 0 Å². The van der Waals surface area contributed by atoms with Crippen molar-refractivity contribution in [1.82, 2.24) is 19.9 Å². The van der Waals surface area contributed by atoms with Gasteiger partial charge in [-0.2, -0.15) is 0 Å². The molecule has 0 aliphatic carbocycles. The van der Waals surface area contributed by atoms with E-state index in [1.165, 1.54) is 5.57 Å². The van der Waals surface area contributed by atoms with E-state index in [0.717, 1.165) is 34.1 Å². The Balaban J connectivity index is 0.000000176. The lowest BCUT2D eigenvalue weighted by Gasteiger charge is -2.26. The van der Waals surface area contributed by atoms with Crippen molar-refractivity contribution >= 4 is 27.6 Å². The molecule has 0 radical (unpaired) electrons. The summed E-state index contributed by atoms with van der Waals surface area (Å²) in [5.41, 5.74) is 5.09. The number of rotatable bonds is 5. The summed E-state index contributed by atoms with van der Waals surface area (Å²) >= 11 is 0. The summed E-state index contributed by atoms with van der Waals surface area (Å²) in [5.74, 6) is 0. The lowest BCUT2D eigenvalue weighted by molar-refractivity contribution is 0.0297. The molecule has 0 saturated carbocycles. The zero-order valence-corrected chi connectivity index (χ0v) is 18.4. The Hall–Kier alpha value is -3.32. The lowest BCUT2D eigenvalue weighted by atomic mass is 9.88. The van der Waals surface area contributed by atoms with Gasteiger partial charge in [0.05, 0.1) is 27.7 Å². The van der Waals surface area contributed by atoms with E-state index in [2.05, 4.69) is 32.9 Å². The number of H-pyrrole nitrogens is 4. The van der Waals surface area contributed by atoms with E-state index in [9.17, 15) is 14.7 Å². The number of benzene rings is 2. The number of para-hydroxylation sites is 2. The van der Waals surface area contributed by atoms with Gasteiger partial charge in [-0.15, -0.1) is 0 Å². The molecule has 0 atom stereocenters. The van der Waals surface area contributed by atoms with E-state index in [0.29, 0.717) is 18.4 Å². The van der Waals surface area contributed by atoms with Gasteiger partial charge in [0.2, 0.25) is 0 Å². The van der Waals surface area contributed by atoms with Crippen molar-refractivity contribution in [2.45, 2.75) is 52.6 Å². The van der Waals surface area contributed by atoms with Crippen molar-refractivity contribution in [1.29, 1.82) is 0 Å². The molecule has 0 fully saturated rings. The average Bonchev–Trinajstić information content (AvgIpc) is 3.35. The van der Waals surface area contributed by atoms with E-state index >= 15 is 0 Å². The summed E-state index contributed by atoms with van der Waals surface area (Å²) in [5, 5.41) is 10.5. The predicted octanol–water partition coefficient (Wildman–Crippen LogP) is 4.53. The van der Waals surface area contributed by atoms with Crippen molar-refractivity contribution < 1.29 is 5.11 Å². The smallest absolute Gasteiger partial charge is 0.323 e. The van der Waals surface area contributed by atoms with Gasteiger partial charge < -0.3 is 25.0 Å². The van der Waals surface area contributed by atoms with Crippen LogP contribution < -0.4 is 11.4 Å². The summed E-state index contributed by atoms with van der Waals surface area (Å²) < 4.78 is 0. The standard InChI is InChI=1S/C12H16N2O2.C12H14N2O/c1-3-12(16,4-2)8-6-5-7-9-10(8)14-11(15)13-9;1-3-8(4-2)9-6-5-7-10-11(9)14-12(15)13-10/h5-7,16H,3-4H2,1-2H3,(H2,13,14,15);3,5-7H,4H2,1-2H3,(H2,13,14,15)/b;8-3-. The minimum absolute atomic E-state index is 0.149. The van der Waals surface area contributed by atoms with Crippen molar-refractivity contribution in [3.8, 4) is 0 Å². The number of allylic oxidation sites excluding steroid dienone is 2. The molecule has 0 aliphatic heterocycles. The summed E-state index contributed by atoms with van der Waals surface area (Å²) in [6.07, 6.45) is 4.29. The first-order valence-corrected chi connectivity index (χ1v) is 10.7. The molecule has 2 aromatic carbocycles. The molecule has 164 valence electrons. The van der Waals surface area contributed by atoms with Crippen LogP contribution in [0.1, 0.15) is 58.1 Å². The molecule has 5 N–H and O–H groups in total. The number of imidazole rings is 2. The Morgan fingerprint density at radius 3 is 1.97 bits per heavy atom. The summed E-state index contributed by atoms with van der Waals surface area (Å²) in [4.78, 5) is 33.5. The predicted molar refractivity (Wildman–Crippen MR) is 126 cm³/mol. The molecule has 31 heavy (non-hydrogen) atoms. The molecule has 7 heteroatoms. The minimum atomic E-state index is -0.870. The van der Waals surface area contributed by atoms with Gasteiger partial charge in [-0.05, 0) is 43.9 Å². The van der Waals surface area contributed by atoms with Gasteiger partial charge in [0.15, 0.2) is 0 Å². The van der Waals surface area contributed by atoms with Crippen molar-refractivity contribution in [2.75, 3.05) is 0 Å². The molecule has 0 aliphatic rings. The number of aromatic nitrogens is 4. The number of hydrogen-bond donors (Lipinski definition) is 5. The molecule has 0 spiro atoms. The highest BCUT2D eigenvalue weighted by Gasteiger charge is 2.27. The van der Waals surface area contributed by atoms with Crippen molar-refractivity contribution in [3.05, 3.63) is 74.6 Å². The molecule has 4 aromatic rings. The fourth-order valence-corrected chi connectivity index (χ4v) is 3.95. The average molecular weight is 423 g/mol. The highest BCUT2D eigenvalue weighted by molar-refractivity contribution is 5.88. The first-order valence-electron chi connectivity index (χ1n) is 10.7. The maximum atomic E-state index is 11.3. The summed E-state index contributed by atoms with van der Waals surface area (Å²) in [6, 6.07) is 11.4. The van der Waals surface area contributed by atoms with E-state index in [4.69, 9.17) is 0 Å². The largest absolute Gasteiger partial charge is 0.385 e. The fourth-order valence-electron chi connectivity index (χ4n) is 3.95. The number of nitrogens with one attached hydrogen (secondary N) is 4. The second-order valence-corrected chi connectivity index (χ2v) is 7.52. The SMILES string of the molecule is C/C=C(/CC)c1cccc2[nH]c(=O)[nH]c12.CCC(O)(CC)c1cccc2[nH]c(=O)[nH]c12. The molecular weight excluding hydrogens is 392 g/mol. The summed E-state index contributed by atoms with van der Waals surface area (Å²) in [7, 11) is 0. The maximum Gasteiger partial charge on any atom is 0.323 e. The van der Waals surface area contributed by atoms with E-state index in [1.54, 1.807) is 0 Å². The van der Waals surface area contributed by atoms with Crippen LogP contribution in [0.5, 0.6) is 0 Å². The van der Waals surface area contributed by atoms with Gasteiger partial charge >= 0.3 is 11.4 Å². The number of aliphatic hydroxyl groups is 1. The van der Waals surface area contributed by atoms with Gasteiger partial charge in [-0.3, -0.25) is 0 Å². The highest BCUT2D eigenvalue weighted by Crippen LogP contribution is 2.32. The zero-order chi connectivity index (χ0) is 22.6. The Morgan fingerprint density at radius 2 is 1.42 bits per heavy atom. The zero-order valence-electron chi connectivity index (χ0n) is 18.4. The van der Waals surface area contributed by atoms with Crippen molar-refractivity contribution in [2.24, 2.45) is 0 Å². The Morgan fingerprint density at radius 1 is 0.871 bits per heavy atom. The van der Waals surface area contributed by atoms with Crippen LogP contribution in [0.25, 0.3) is 27.6 Å². The first kappa shape index (κ1) is 22.4. The van der Waals surface area contributed by atoms with Crippen LogP contribution in [0.4, 0.5) is 0 Å². The third-order valence-electron chi connectivity index (χ3n) is 5.85. The highest BCUT2D eigenvalue weighted by atomic mass is 16.3. The second kappa shape index (κ2) is 9.22. The molecule has 7 nitrogen and oxygen atoms in total. The third-order valence-corrected chi connectivity index (χ3v) is 5.85. The van der Waals surface area contributed by atoms with Crippen LogP contribution >= 0.6 is 0 Å². The van der Waals surface area contributed by atoms with E-state index in [1.807, 2.05) is 57.2 Å². The van der Waals surface area contributed by atoms with E-state index in [-0.39, 0.29) is 11.4 Å². The quantitative estimate of drug-likeness (QED) is 0.325. The number of hydrogen-bond acceptors (Lipinski definition) is 3. The van der Waals surface area contributed by atoms with Crippen LogP contribution in [-0.4, -0.2) is 25.0 Å². The molecule has 4 rings (SSSR count). The van der Waals surface area contributed by atoms with E-state index < -0.39 is 5.60 Å². The topological polar surface area (TPSA) is 118 Å².